The number of benzene rings is 1. The van der Waals surface area contributed by atoms with Gasteiger partial charge in [-0.15, -0.1) is 0 Å². The van der Waals surface area contributed by atoms with Crippen molar-refractivity contribution < 1.29 is 4.79 Å². The second kappa shape index (κ2) is 9.32. The van der Waals surface area contributed by atoms with E-state index in [0.717, 1.165) is 43.5 Å². The first-order valence-corrected chi connectivity index (χ1v) is 13.7. The van der Waals surface area contributed by atoms with E-state index < -0.39 is 0 Å². The van der Waals surface area contributed by atoms with Crippen LogP contribution in [0.25, 0.3) is 16.9 Å². The molecule has 2 aliphatic carbocycles. The summed E-state index contributed by atoms with van der Waals surface area (Å²) in [4.78, 5) is 41.8. The Morgan fingerprint density at radius 3 is 2.56 bits per heavy atom. The molecule has 3 aromatic heterocycles. The summed E-state index contributed by atoms with van der Waals surface area (Å²) >= 11 is 0. The number of carbonyl (C=O) groups is 1. The molecular formula is C30H35N7O2. The Morgan fingerprint density at radius 1 is 1.05 bits per heavy atom. The lowest BCUT2D eigenvalue weighted by molar-refractivity contribution is -0.133. The van der Waals surface area contributed by atoms with E-state index in [-0.39, 0.29) is 28.8 Å². The molecule has 6 rings (SSSR count). The van der Waals surface area contributed by atoms with Crippen molar-refractivity contribution in [3.8, 4) is 5.82 Å². The smallest absolute Gasteiger partial charge is 0.278 e. The fraction of sp³-hybridized carbons (Fsp3) is 0.433. The number of pyridine rings is 1. The Bertz CT molecular complexity index is 1640. The molecule has 9 nitrogen and oxygen atoms in total. The fourth-order valence-electron chi connectivity index (χ4n) is 5.43. The molecule has 0 radical (unpaired) electrons. The van der Waals surface area contributed by atoms with Crippen molar-refractivity contribution in [2.24, 2.45) is 5.92 Å². The predicted octanol–water partition coefficient (Wildman–Crippen LogP) is 4.55. The monoisotopic (exact) mass is 525 g/mol. The average Bonchev–Trinajstić information content (AvgIpc) is 3.71. The van der Waals surface area contributed by atoms with Crippen molar-refractivity contribution in [3.05, 3.63) is 69.8 Å². The van der Waals surface area contributed by atoms with E-state index in [1.807, 2.05) is 43.0 Å². The molecule has 202 valence electrons. The summed E-state index contributed by atoms with van der Waals surface area (Å²) in [6.07, 6.45) is 6.00. The van der Waals surface area contributed by atoms with Crippen LogP contribution < -0.4 is 10.9 Å². The standard InChI is InChI=1S/C30H35N7O2/c1-30(2,3)24-7-6-8-25(33-24)37-26-23(28(39)36(37)22-13-14-22)17-31-29(34-26)32-21-12-11-18-15-20(27(38)35(4)5)10-9-19(18)16-21/h6-8,11-12,16-17,20,22H,9-10,13-15H2,1-5H3,(H,31,32,34). The van der Waals surface area contributed by atoms with Crippen LogP contribution in [0.2, 0.25) is 0 Å². The Labute approximate surface area is 227 Å². The van der Waals surface area contributed by atoms with Crippen molar-refractivity contribution in [1.82, 2.24) is 29.2 Å². The van der Waals surface area contributed by atoms with E-state index in [9.17, 15) is 9.59 Å². The molecule has 2 aliphatic rings. The molecule has 4 aromatic rings. The molecule has 1 N–H and O–H groups in total. The third-order valence-electron chi connectivity index (χ3n) is 7.72. The second-order valence-electron chi connectivity index (χ2n) is 12.0. The van der Waals surface area contributed by atoms with Gasteiger partial charge in [0, 0.05) is 43.0 Å². The van der Waals surface area contributed by atoms with Crippen LogP contribution in [0.5, 0.6) is 0 Å². The molecule has 1 aromatic carbocycles. The van der Waals surface area contributed by atoms with Gasteiger partial charge in [-0.2, -0.15) is 4.98 Å². The largest absolute Gasteiger partial charge is 0.349 e. The van der Waals surface area contributed by atoms with Crippen LogP contribution in [0.4, 0.5) is 11.6 Å². The molecular weight excluding hydrogens is 490 g/mol. The number of aromatic nitrogens is 5. The number of hydrogen-bond acceptors (Lipinski definition) is 6. The minimum atomic E-state index is -0.127. The zero-order valence-corrected chi connectivity index (χ0v) is 23.2. The zero-order valence-electron chi connectivity index (χ0n) is 23.2. The molecule has 1 saturated carbocycles. The summed E-state index contributed by atoms with van der Waals surface area (Å²) in [7, 11) is 3.63. The van der Waals surface area contributed by atoms with Crippen LogP contribution in [0.15, 0.2) is 47.4 Å². The van der Waals surface area contributed by atoms with Gasteiger partial charge in [0.2, 0.25) is 11.9 Å². The first kappa shape index (κ1) is 25.3. The van der Waals surface area contributed by atoms with Gasteiger partial charge in [-0.05, 0) is 67.5 Å². The summed E-state index contributed by atoms with van der Waals surface area (Å²) in [5, 5.41) is 3.83. The molecule has 9 heteroatoms. The quantitative estimate of drug-likeness (QED) is 0.411. The molecule has 1 fully saturated rings. The van der Waals surface area contributed by atoms with Crippen LogP contribution >= 0.6 is 0 Å². The van der Waals surface area contributed by atoms with Crippen molar-refractivity contribution in [2.45, 2.75) is 64.3 Å². The molecule has 3 heterocycles. The summed E-state index contributed by atoms with van der Waals surface area (Å²) in [5.74, 6) is 1.33. The van der Waals surface area contributed by atoms with Gasteiger partial charge in [-0.25, -0.2) is 19.3 Å². The van der Waals surface area contributed by atoms with Crippen LogP contribution in [-0.2, 0) is 23.1 Å². The van der Waals surface area contributed by atoms with Gasteiger partial charge >= 0.3 is 0 Å². The number of carbonyl (C=O) groups excluding carboxylic acids is 1. The molecule has 1 amide bonds. The van der Waals surface area contributed by atoms with Gasteiger partial charge < -0.3 is 10.2 Å². The average molecular weight is 526 g/mol. The first-order chi connectivity index (χ1) is 18.6. The molecule has 1 unspecified atom stereocenters. The minimum Gasteiger partial charge on any atom is -0.349 e. The van der Waals surface area contributed by atoms with Gasteiger partial charge in [0.15, 0.2) is 11.5 Å². The van der Waals surface area contributed by atoms with Gasteiger partial charge in [-0.1, -0.05) is 32.9 Å². The van der Waals surface area contributed by atoms with E-state index >= 15 is 0 Å². The molecule has 0 spiro atoms. The highest BCUT2D eigenvalue weighted by Gasteiger charge is 2.32. The third kappa shape index (κ3) is 4.70. The summed E-state index contributed by atoms with van der Waals surface area (Å²) in [6, 6.07) is 12.3. The summed E-state index contributed by atoms with van der Waals surface area (Å²) in [6.45, 7) is 6.39. The third-order valence-corrected chi connectivity index (χ3v) is 7.72. The fourth-order valence-corrected chi connectivity index (χ4v) is 5.43. The molecule has 0 aliphatic heterocycles. The second-order valence-corrected chi connectivity index (χ2v) is 12.0. The van der Waals surface area contributed by atoms with E-state index in [1.54, 1.807) is 15.8 Å². The highest BCUT2D eigenvalue weighted by atomic mass is 16.2. The van der Waals surface area contributed by atoms with Gasteiger partial charge in [0.25, 0.3) is 5.56 Å². The minimum absolute atomic E-state index is 0.0367. The Hall–Kier alpha value is -4.01. The number of nitrogens with zero attached hydrogens (tertiary/aromatic N) is 6. The molecule has 1 atom stereocenters. The lowest BCUT2D eigenvalue weighted by Crippen LogP contribution is -2.33. The highest BCUT2D eigenvalue weighted by molar-refractivity contribution is 5.79. The number of amides is 1. The van der Waals surface area contributed by atoms with E-state index in [2.05, 4.69) is 43.2 Å². The number of fused-ring (bicyclic) bond motifs is 2. The SMILES string of the molecule is CN(C)C(=O)C1CCc2cc(Nc3ncc4c(=O)n(C5CC5)n(-c5cccc(C(C)(C)C)n5)c4n3)ccc2C1. The highest BCUT2D eigenvalue weighted by Crippen LogP contribution is 2.36. The zero-order chi connectivity index (χ0) is 27.5. The predicted molar refractivity (Wildman–Crippen MR) is 152 cm³/mol. The molecule has 39 heavy (non-hydrogen) atoms. The van der Waals surface area contributed by atoms with Crippen molar-refractivity contribution in [3.63, 3.8) is 0 Å². The maximum Gasteiger partial charge on any atom is 0.278 e. The van der Waals surface area contributed by atoms with Crippen LogP contribution in [0, 0.1) is 5.92 Å². The Balaban J connectivity index is 1.36. The van der Waals surface area contributed by atoms with Crippen molar-refractivity contribution >= 4 is 28.6 Å². The number of hydrogen-bond donors (Lipinski definition) is 1. The van der Waals surface area contributed by atoms with E-state index in [0.29, 0.717) is 22.8 Å². The maximum absolute atomic E-state index is 13.4. The number of rotatable bonds is 5. The maximum atomic E-state index is 13.4. The van der Waals surface area contributed by atoms with Crippen LogP contribution in [0.3, 0.4) is 0 Å². The molecule has 0 bridgehead atoms. The van der Waals surface area contributed by atoms with Gasteiger partial charge in [-0.3, -0.25) is 9.59 Å². The van der Waals surface area contributed by atoms with Crippen LogP contribution in [-0.4, -0.2) is 49.2 Å². The summed E-state index contributed by atoms with van der Waals surface area (Å²) in [5.41, 5.74) is 4.62. The topological polar surface area (TPSA) is 97.9 Å². The number of aryl methyl sites for hydroxylation is 1. The van der Waals surface area contributed by atoms with E-state index in [1.165, 1.54) is 11.1 Å². The van der Waals surface area contributed by atoms with Gasteiger partial charge in [0.1, 0.15) is 5.39 Å². The summed E-state index contributed by atoms with van der Waals surface area (Å²) < 4.78 is 3.66. The number of anilines is 2. The Morgan fingerprint density at radius 2 is 1.85 bits per heavy atom. The lowest BCUT2D eigenvalue weighted by Gasteiger charge is -2.26. The normalized spacial score (nSPS) is 17.2. The van der Waals surface area contributed by atoms with Crippen LogP contribution in [0.1, 0.15) is 62.9 Å². The lowest BCUT2D eigenvalue weighted by atomic mass is 9.83. The number of nitrogens with one attached hydrogen (secondary N) is 1. The van der Waals surface area contributed by atoms with Crippen molar-refractivity contribution in [1.29, 1.82) is 0 Å². The Kier molecular flexibility index (Phi) is 6.04. The first-order valence-electron chi connectivity index (χ1n) is 13.7. The molecule has 0 saturated heterocycles. The van der Waals surface area contributed by atoms with Gasteiger partial charge in [0.05, 0.1) is 6.04 Å². The van der Waals surface area contributed by atoms with E-state index in [4.69, 9.17) is 9.97 Å². The van der Waals surface area contributed by atoms with Crippen molar-refractivity contribution in [2.75, 3.05) is 19.4 Å².